The summed E-state index contributed by atoms with van der Waals surface area (Å²) in [6.45, 7) is 6.37. The summed E-state index contributed by atoms with van der Waals surface area (Å²) in [5.41, 5.74) is 0.976. The number of alkyl halides is 3. The predicted octanol–water partition coefficient (Wildman–Crippen LogP) is 5.94. The number of carbonyl (C=O) groups excluding carboxylic acids is 1. The van der Waals surface area contributed by atoms with Crippen molar-refractivity contribution in [2.75, 3.05) is 12.4 Å². The maximum absolute atomic E-state index is 13.2. The van der Waals surface area contributed by atoms with Crippen molar-refractivity contribution in [1.29, 1.82) is 0 Å². The molecule has 0 aliphatic rings. The summed E-state index contributed by atoms with van der Waals surface area (Å²) in [7, 11) is 1.76. The smallest absolute Gasteiger partial charge is 0.324 e. The van der Waals surface area contributed by atoms with E-state index in [0.717, 1.165) is 11.6 Å². The van der Waals surface area contributed by atoms with Gasteiger partial charge in [0, 0.05) is 11.6 Å². The van der Waals surface area contributed by atoms with Crippen LogP contribution in [0, 0.1) is 0 Å². The van der Waals surface area contributed by atoms with Crippen LogP contribution in [0.15, 0.2) is 42.5 Å². The molecule has 28 heavy (non-hydrogen) atoms. The summed E-state index contributed by atoms with van der Waals surface area (Å²) in [4.78, 5) is 14.3. The highest BCUT2D eigenvalue weighted by molar-refractivity contribution is 6.30. The van der Waals surface area contributed by atoms with E-state index in [9.17, 15) is 18.0 Å². The molecular formula is C21H24ClF3N2O. The van der Waals surface area contributed by atoms with Crippen LogP contribution in [-0.4, -0.2) is 23.9 Å². The number of nitrogens with zero attached hydrogens (tertiary/aromatic N) is 1. The average Bonchev–Trinajstić information content (AvgIpc) is 2.62. The molecule has 1 unspecified atom stereocenters. The molecule has 1 amide bonds. The lowest BCUT2D eigenvalue weighted by atomic mass is 10.0. The van der Waals surface area contributed by atoms with Crippen LogP contribution in [-0.2, 0) is 17.5 Å². The first-order chi connectivity index (χ1) is 13.0. The quantitative estimate of drug-likeness (QED) is 0.636. The molecule has 0 aliphatic heterocycles. The Kier molecular flexibility index (Phi) is 7.12. The van der Waals surface area contributed by atoms with E-state index in [4.69, 9.17) is 11.6 Å². The highest BCUT2D eigenvalue weighted by atomic mass is 35.5. The Morgan fingerprint density at radius 1 is 1.11 bits per heavy atom. The van der Waals surface area contributed by atoms with Crippen molar-refractivity contribution in [1.82, 2.24) is 4.90 Å². The van der Waals surface area contributed by atoms with Gasteiger partial charge < -0.3 is 5.32 Å². The zero-order valence-corrected chi connectivity index (χ0v) is 17.0. The molecule has 0 saturated carbocycles. The summed E-state index contributed by atoms with van der Waals surface area (Å²) in [5, 5.41) is 2.33. The van der Waals surface area contributed by atoms with Gasteiger partial charge in [-0.25, -0.2) is 0 Å². The van der Waals surface area contributed by atoms with Gasteiger partial charge in [-0.2, -0.15) is 13.2 Å². The Morgan fingerprint density at radius 3 is 2.25 bits per heavy atom. The first kappa shape index (κ1) is 22.2. The number of rotatable bonds is 6. The van der Waals surface area contributed by atoms with Gasteiger partial charge in [-0.05, 0) is 49.2 Å². The van der Waals surface area contributed by atoms with E-state index in [-0.39, 0.29) is 10.7 Å². The molecule has 1 atom stereocenters. The van der Waals surface area contributed by atoms with Crippen molar-refractivity contribution in [3.63, 3.8) is 0 Å². The van der Waals surface area contributed by atoms with Gasteiger partial charge in [0.15, 0.2) is 0 Å². The standard InChI is InChI=1S/C21H24ClF3N2O/c1-13(2)16-7-5-15(6-8-16)12-27(4)14(3)20(28)26-19-10-9-17(22)11-18(19)21(23,24)25/h5-11,13-14H,12H2,1-4H3,(H,26,28). The van der Waals surface area contributed by atoms with Crippen LogP contribution >= 0.6 is 11.6 Å². The van der Waals surface area contributed by atoms with E-state index >= 15 is 0 Å². The van der Waals surface area contributed by atoms with Crippen LogP contribution in [0.25, 0.3) is 0 Å². The van der Waals surface area contributed by atoms with E-state index in [1.165, 1.54) is 17.7 Å². The fraction of sp³-hybridized carbons (Fsp3) is 0.381. The van der Waals surface area contributed by atoms with Crippen LogP contribution in [0.1, 0.15) is 43.4 Å². The summed E-state index contributed by atoms with van der Waals surface area (Å²) >= 11 is 5.67. The first-order valence-corrected chi connectivity index (χ1v) is 9.33. The Bertz CT molecular complexity index is 819. The molecular weight excluding hydrogens is 389 g/mol. The van der Waals surface area contributed by atoms with Crippen LogP contribution in [0.4, 0.5) is 18.9 Å². The van der Waals surface area contributed by atoms with Crippen molar-refractivity contribution < 1.29 is 18.0 Å². The van der Waals surface area contributed by atoms with Gasteiger partial charge in [-0.15, -0.1) is 0 Å². The largest absolute Gasteiger partial charge is 0.418 e. The molecule has 0 aliphatic carbocycles. The van der Waals surface area contributed by atoms with Gasteiger partial charge in [0.05, 0.1) is 17.3 Å². The maximum atomic E-state index is 13.2. The molecule has 0 saturated heterocycles. The minimum absolute atomic E-state index is 0.0414. The third kappa shape index (κ3) is 5.72. The van der Waals surface area contributed by atoms with Crippen molar-refractivity contribution in [3.05, 3.63) is 64.2 Å². The molecule has 2 rings (SSSR count). The van der Waals surface area contributed by atoms with Gasteiger partial charge in [-0.3, -0.25) is 9.69 Å². The van der Waals surface area contributed by atoms with E-state index in [1.54, 1.807) is 18.9 Å². The Labute approximate surface area is 168 Å². The van der Waals surface area contributed by atoms with E-state index in [2.05, 4.69) is 19.2 Å². The van der Waals surface area contributed by atoms with E-state index in [0.29, 0.717) is 12.5 Å². The molecule has 0 bridgehead atoms. The normalized spacial score (nSPS) is 13.1. The van der Waals surface area contributed by atoms with Crippen molar-refractivity contribution in [2.24, 2.45) is 0 Å². The number of amides is 1. The van der Waals surface area contributed by atoms with Crippen LogP contribution in [0.2, 0.25) is 5.02 Å². The third-order valence-corrected chi connectivity index (χ3v) is 4.90. The molecule has 2 aromatic rings. The molecule has 3 nitrogen and oxygen atoms in total. The Morgan fingerprint density at radius 2 is 1.71 bits per heavy atom. The van der Waals surface area contributed by atoms with Gasteiger partial charge in [0.25, 0.3) is 0 Å². The molecule has 152 valence electrons. The molecule has 1 N–H and O–H groups in total. The summed E-state index contributed by atoms with van der Waals surface area (Å²) in [5.74, 6) is -0.0900. The van der Waals surface area contributed by atoms with Crippen molar-refractivity contribution in [2.45, 2.75) is 45.5 Å². The fourth-order valence-corrected chi connectivity index (χ4v) is 2.90. The molecule has 2 aromatic carbocycles. The zero-order chi connectivity index (χ0) is 21.1. The van der Waals surface area contributed by atoms with Gasteiger partial charge >= 0.3 is 6.18 Å². The summed E-state index contributed by atoms with van der Waals surface area (Å²) in [6, 6.07) is 10.7. The lowest BCUT2D eigenvalue weighted by molar-refractivity contribution is -0.137. The Hall–Kier alpha value is -2.05. The highest BCUT2D eigenvalue weighted by Gasteiger charge is 2.34. The molecule has 0 aromatic heterocycles. The predicted molar refractivity (Wildman–Crippen MR) is 107 cm³/mol. The maximum Gasteiger partial charge on any atom is 0.418 e. The van der Waals surface area contributed by atoms with Gasteiger partial charge in [0.1, 0.15) is 0 Å². The number of nitrogens with one attached hydrogen (secondary N) is 1. The number of halogens is 4. The molecule has 7 heteroatoms. The lowest BCUT2D eigenvalue weighted by Crippen LogP contribution is -2.39. The van der Waals surface area contributed by atoms with Crippen LogP contribution < -0.4 is 5.32 Å². The molecule has 0 fully saturated rings. The van der Waals surface area contributed by atoms with Gasteiger partial charge in [0.2, 0.25) is 5.91 Å². The summed E-state index contributed by atoms with van der Waals surface area (Å²) < 4.78 is 39.6. The number of carbonyl (C=O) groups is 1. The average molecular weight is 413 g/mol. The van der Waals surface area contributed by atoms with Crippen molar-refractivity contribution >= 4 is 23.2 Å². The third-order valence-electron chi connectivity index (χ3n) is 4.66. The second-order valence-corrected chi connectivity index (χ2v) is 7.60. The van der Waals surface area contributed by atoms with Crippen LogP contribution in [0.3, 0.4) is 0 Å². The number of anilines is 1. The molecule has 0 heterocycles. The molecule has 0 spiro atoms. The number of benzene rings is 2. The van der Waals surface area contributed by atoms with Crippen LogP contribution in [0.5, 0.6) is 0 Å². The van der Waals surface area contributed by atoms with E-state index < -0.39 is 23.7 Å². The zero-order valence-electron chi connectivity index (χ0n) is 16.3. The number of hydrogen-bond donors (Lipinski definition) is 1. The van der Waals surface area contributed by atoms with E-state index in [1.807, 2.05) is 24.3 Å². The second-order valence-electron chi connectivity index (χ2n) is 7.16. The monoisotopic (exact) mass is 412 g/mol. The second kappa shape index (κ2) is 8.97. The minimum atomic E-state index is -4.61. The topological polar surface area (TPSA) is 32.3 Å². The van der Waals surface area contributed by atoms with Crippen molar-refractivity contribution in [3.8, 4) is 0 Å². The minimum Gasteiger partial charge on any atom is -0.324 e. The van der Waals surface area contributed by atoms with Gasteiger partial charge in [-0.1, -0.05) is 49.7 Å². The fourth-order valence-electron chi connectivity index (χ4n) is 2.73. The summed E-state index contributed by atoms with van der Waals surface area (Å²) in [6.07, 6.45) is -4.61. The number of likely N-dealkylation sites (N-methyl/N-ethyl adjacent to an activating group) is 1. The first-order valence-electron chi connectivity index (χ1n) is 8.95. The molecule has 0 radical (unpaired) electrons. The lowest BCUT2D eigenvalue weighted by Gasteiger charge is -2.25. The SMILES string of the molecule is CC(C)c1ccc(CN(C)C(C)C(=O)Nc2ccc(Cl)cc2C(F)(F)F)cc1. The number of hydrogen-bond acceptors (Lipinski definition) is 2. The highest BCUT2D eigenvalue weighted by Crippen LogP contribution is 2.36. The Balaban J connectivity index is 2.08.